The van der Waals surface area contributed by atoms with Crippen molar-refractivity contribution in [1.29, 1.82) is 0 Å². The minimum absolute atomic E-state index is 0.108. The lowest BCUT2D eigenvalue weighted by molar-refractivity contribution is -0.126. The maximum absolute atomic E-state index is 12.5. The fourth-order valence-corrected chi connectivity index (χ4v) is 3.52. The summed E-state index contributed by atoms with van der Waals surface area (Å²) in [5.74, 6) is 1.01. The lowest BCUT2D eigenvalue weighted by atomic mass is 9.85. The molecule has 1 aromatic heterocycles. The smallest absolute Gasteiger partial charge is 0.223 e. The molecular weight excluding hydrogens is 328 g/mol. The van der Waals surface area contributed by atoms with E-state index in [9.17, 15) is 4.79 Å². The molecule has 0 bridgehead atoms. The van der Waals surface area contributed by atoms with Crippen LogP contribution in [0.5, 0.6) is 5.75 Å². The molecule has 0 unspecified atom stereocenters. The molecule has 1 aliphatic carbocycles. The third-order valence-corrected chi connectivity index (χ3v) is 5.13. The van der Waals surface area contributed by atoms with Gasteiger partial charge in [-0.1, -0.05) is 6.07 Å². The molecule has 0 saturated heterocycles. The van der Waals surface area contributed by atoms with Crippen molar-refractivity contribution in [3.05, 3.63) is 42.5 Å². The highest BCUT2D eigenvalue weighted by Crippen LogP contribution is 2.27. The maximum Gasteiger partial charge on any atom is 0.223 e. The van der Waals surface area contributed by atoms with E-state index in [4.69, 9.17) is 4.74 Å². The van der Waals surface area contributed by atoms with Crippen LogP contribution in [0.4, 0.5) is 0 Å². The van der Waals surface area contributed by atoms with Crippen molar-refractivity contribution < 1.29 is 9.53 Å². The van der Waals surface area contributed by atoms with Crippen molar-refractivity contribution in [1.82, 2.24) is 20.6 Å². The first-order valence-corrected chi connectivity index (χ1v) is 9.08. The molecule has 138 valence electrons. The number of carbonyl (C=O) groups excluding carboxylic acids is 1. The molecule has 1 heterocycles. The molecule has 26 heavy (non-hydrogen) atoms. The van der Waals surface area contributed by atoms with Crippen LogP contribution in [0.2, 0.25) is 0 Å². The van der Waals surface area contributed by atoms with Gasteiger partial charge in [0.25, 0.3) is 0 Å². The topological polar surface area (TPSA) is 76.1 Å². The van der Waals surface area contributed by atoms with E-state index in [1.807, 2.05) is 25.2 Å². The SMILES string of the molecule is CNC1CCC(C(=O)NCc2cc(-c3cncnc3)ccc2OC)CC1. The summed E-state index contributed by atoms with van der Waals surface area (Å²) in [5, 5.41) is 6.38. The van der Waals surface area contributed by atoms with Crippen molar-refractivity contribution in [2.75, 3.05) is 14.2 Å². The van der Waals surface area contributed by atoms with Gasteiger partial charge in [-0.15, -0.1) is 0 Å². The summed E-state index contributed by atoms with van der Waals surface area (Å²) in [5.41, 5.74) is 2.89. The molecule has 0 radical (unpaired) electrons. The van der Waals surface area contributed by atoms with Crippen LogP contribution in [-0.4, -0.2) is 36.1 Å². The predicted octanol–water partition coefficient (Wildman–Crippen LogP) is 2.55. The summed E-state index contributed by atoms with van der Waals surface area (Å²) >= 11 is 0. The van der Waals surface area contributed by atoms with E-state index < -0.39 is 0 Å². The molecule has 6 heteroatoms. The Bertz CT molecular complexity index is 728. The van der Waals surface area contributed by atoms with Gasteiger partial charge in [-0.3, -0.25) is 4.79 Å². The zero-order chi connectivity index (χ0) is 18.4. The van der Waals surface area contributed by atoms with E-state index in [0.717, 1.165) is 48.1 Å². The number of carbonyl (C=O) groups is 1. The molecule has 1 saturated carbocycles. The molecule has 1 aromatic carbocycles. The first kappa shape index (κ1) is 18.3. The highest BCUT2D eigenvalue weighted by atomic mass is 16.5. The highest BCUT2D eigenvalue weighted by molar-refractivity contribution is 5.79. The Morgan fingerprint density at radius 1 is 1.15 bits per heavy atom. The molecule has 6 nitrogen and oxygen atoms in total. The zero-order valence-electron chi connectivity index (χ0n) is 15.4. The van der Waals surface area contributed by atoms with Gasteiger partial charge < -0.3 is 15.4 Å². The summed E-state index contributed by atoms with van der Waals surface area (Å²) < 4.78 is 5.45. The van der Waals surface area contributed by atoms with E-state index in [1.165, 1.54) is 6.33 Å². The third kappa shape index (κ3) is 4.38. The average Bonchev–Trinajstić information content (AvgIpc) is 2.72. The first-order chi connectivity index (χ1) is 12.7. The van der Waals surface area contributed by atoms with Crippen molar-refractivity contribution in [2.45, 2.75) is 38.3 Å². The molecular formula is C20H26N4O2. The number of benzene rings is 1. The second-order valence-electron chi connectivity index (χ2n) is 6.71. The summed E-state index contributed by atoms with van der Waals surface area (Å²) in [4.78, 5) is 20.7. The number of hydrogen-bond donors (Lipinski definition) is 2. The van der Waals surface area contributed by atoms with Crippen molar-refractivity contribution in [3.63, 3.8) is 0 Å². The van der Waals surface area contributed by atoms with Crippen LogP contribution in [0.25, 0.3) is 11.1 Å². The lowest BCUT2D eigenvalue weighted by Gasteiger charge is -2.27. The number of amides is 1. The number of nitrogens with one attached hydrogen (secondary N) is 2. The van der Waals surface area contributed by atoms with Gasteiger partial charge in [0.15, 0.2) is 0 Å². The molecule has 3 rings (SSSR count). The van der Waals surface area contributed by atoms with Crippen molar-refractivity contribution >= 4 is 5.91 Å². The molecule has 1 fully saturated rings. The molecule has 2 aromatic rings. The van der Waals surface area contributed by atoms with Crippen LogP contribution in [0.15, 0.2) is 36.9 Å². The Morgan fingerprint density at radius 2 is 1.88 bits per heavy atom. The largest absolute Gasteiger partial charge is 0.496 e. The van der Waals surface area contributed by atoms with Gasteiger partial charge in [-0.2, -0.15) is 0 Å². The second kappa shape index (κ2) is 8.76. The van der Waals surface area contributed by atoms with Gasteiger partial charge >= 0.3 is 0 Å². The van der Waals surface area contributed by atoms with E-state index in [2.05, 4.69) is 20.6 Å². The Kier molecular flexibility index (Phi) is 6.17. The normalized spacial score (nSPS) is 19.8. The van der Waals surface area contributed by atoms with Crippen LogP contribution in [0.1, 0.15) is 31.2 Å². The first-order valence-electron chi connectivity index (χ1n) is 9.08. The molecule has 2 N–H and O–H groups in total. The minimum atomic E-state index is 0.108. The van der Waals surface area contributed by atoms with Crippen LogP contribution in [0.3, 0.4) is 0 Å². The summed E-state index contributed by atoms with van der Waals surface area (Å²) in [7, 11) is 3.63. The van der Waals surface area contributed by atoms with E-state index in [0.29, 0.717) is 12.6 Å². The molecule has 0 atom stereocenters. The van der Waals surface area contributed by atoms with E-state index >= 15 is 0 Å². The van der Waals surface area contributed by atoms with Gasteiger partial charge in [0.1, 0.15) is 12.1 Å². The fraction of sp³-hybridized carbons (Fsp3) is 0.450. The number of rotatable bonds is 6. The lowest BCUT2D eigenvalue weighted by Crippen LogP contribution is -2.37. The molecule has 0 aliphatic heterocycles. The Labute approximate surface area is 154 Å². The minimum Gasteiger partial charge on any atom is -0.496 e. The second-order valence-corrected chi connectivity index (χ2v) is 6.71. The predicted molar refractivity (Wildman–Crippen MR) is 101 cm³/mol. The summed E-state index contributed by atoms with van der Waals surface area (Å²) in [6.07, 6.45) is 9.06. The van der Waals surface area contributed by atoms with Crippen LogP contribution >= 0.6 is 0 Å². The molecule has 1 aliphatic rings. The summed E-state index contributed by atoms with van der Waals surface area (Å²) in [6.45, 7) is 0.454. The number of hydrogen-bond acceptors (Lipinski definition) is 5. The fourth-order valence-electron chi connectivity index (χ4n) is 3.52. The Hall–Kier alpha value is -2.47. The highest BCUT2D eigenvalue weighted by Gasteiger charge is 2.25. The van der Waals surface area contributed by atoms with Crippen LogP contribution in [0, 0.1) is 5.92 Å². The van der Waals surface area contributed by atoms with Gasteiger partial charge in [-0.05, 0) is 50.4 Å². The van der Waals surface area contributed by atoms with E-state index in [1.54, 1.807) is 19.5 Å². The third-order valence-electron chi connectivity index (χ3n) is 5.13. The zero-order valence-corrected chi connectivity index (χ0v) is 15.4. The Balaban J connectivity index is 1.66. The van der Waals surface area contributed by atoms with Crippen LogP contribution < -0.4 is 15.4 Å². The number of ether oxygens (including phenoxy) is 1. The monoisotopic (exact) mass is 354 g/mol. The van der Waals surface area contributed by atoms with Gasteiger partial charge in [0.05, 0.1) is 7.11 Å². The van der Waals surface area contributed by atoms with Crippen molar-refractivity contribution in [3.8, 4) is 16.9 Å². The number of aromatic nitrogens is 2. The van der Waals surface area contributed by atoms with Gasteiger partial charge in [0.2, 0.25) is 5.91 Å². The van der Waals surface area contributed by atoms with E-state index in [-0.39, 0.29) is 11.8 Å². The number of nitrogens with zero attached hydrogens (tertiary/aromatic N) is 2. The quantitative estimate of drug-likeness (QED) is 0.834. The molecule has 1 amide bonds. The number of methoxy groups -OCH3 is 1. The summed E-state index contributed by atoms with van der Waals surface area (Å²) in [6, 6.07) is 6.46. The average molecular weight is 354 g/mol. The Morgan fingerprint density at radius 3 is 2.54 bits per heavy atom. The van der Waals surface area contributed by atoms with Crippen molar-refractivity contribution in [2.24, 2.45) is 5.92 Å². The van der Waals surface area contributed by atoms with Gasteiger partial charge in [-0.25, -0.2) is 9.97 Å². The van der Waals surface area contributed by atoms with Gasteiger partial charge in [0, 0.05) is 42.0 Å². The maximum atomic E-state index is 12.5. The van der Waals surface area contributed by atoms with Crippen LogP contribution in [-0.2, 0) is 11.3 Å². The standard InChI is InChI=1S/C20H26N4O2/c1-21-18-6-3-14(4-7-18)20(25)24-12-16-9-15(5-8-19(16)26-2)17-10-22-13-23-11-17/h5,8-11,13-14,18,21H,3-4,6-7,12H2,1-2H3,(H,24,25). The molecule has 0 spiro atoms.